The fourth-order valence-corrected chi connectivity index (χ4v) is 5.07. The van der Waals surface area contributed by atoms with E-state index in [2.05, 4.69) is 29.3 Å². The number of benzene rings is 2. The summed E-state index contributed by atoms with van der Waals surface area (Å²) in [6.07, 6.45) is 2.60. The van der Waals surface area contributed by atoms with E-state index in [4.69, 9.17) is 10.1 Å². The number of nitrogens with one attached hydrogen (secondary N) is 1. The summed E-state index contributed by atoms with van der Waals surface area (Å²) in [5, 5.41) is 18.3. The second-order valence-electron chi connectivity index (χ2n) is 7.01. The third-order valence-corrected chi connectivity index (χ3v) is 6.81. The third kappa shape index (κ3) is 4.52. The van der Waals surface area contributed by atoms with Gasteiger partial charge < -0.3 is 4.74 Å². The number of Topliss-reactive ketones (excluding diaryl/α,β-unsaturated/α-hetero) is 1. The predicted molar refractivity (Wildman–Crippen MR) is 122 cm³/mol. The zero-order chi connectivity index (χ0) is 21.1. The minimum atomic E-state index is -0.615. The SMILES string of the molecule is CCc1nnc([C@@H]2C(=N)S/C(=C\c3ccc(OCc4cccc(C)c4)cc3)C2=O)s1. The highest BCUT2D eigenvalue weighted by Crippen LogP contribution is 2.41. The van der Waals surface area contributed by atoms with Crippen LogP contribution in [0, 0.1) is 12.3 Å². The number of ketones is 1. The van der Waals surface area contributed by atoms with Crippen molar-refractivity contribution >= 4 is 40.0 Å². The fourth-order valence-electron chi connectivity index (χ4n) is 3.12. The van der Waals surface area contributed by atoms with Crippen molar-refractivity contribution in [3.05, 3.63) is 80.1 Å². The van der Waals surface area contributed by atoms with E-state index in [0.717, 1.165) is 28.3 Å². The highest BCUT2D eigenvalue weighted by Gasteiger charge is 2.39. The normalized spacial score (nSPS) is 17.7. The quantitative estimate of drug-likeness (QED) is 0.524. The molecule has 2 heterocycles. The zero-order valence-electron chi connectivity index (χ0n) is 16.7. The van der Waals surface area contributed by atoms with Crippen LogP contribution in [0.1, 0.15) is 39.5 Å². The van der Waals surface area contributed by atoms with Gasteiger partial charge in [-0.1, -0.05) is 60.6 Å². The summed E-state index contributed by atoms with van der Waals surface area (Å²) < 4.78 is 5.86. The van der Waals surface area contributed by atoms with E-state index in [0.29, 0.717) is 21.6 Å². The van der Waals surface area contributed by atoms with Crippen molar-refractivity contribution in [1.29, 1.82) is 5.41 Å². The lowest BCUT2D eigenvalue weighted by Crippen LogP contribution is -2.11. The van der Waals surface area contributed by atoms with Gasteiger partial charge in [0.15, 0.2) is 5.78 Å². The molecule has 0 unspecified atom stereocenters. The lowest BCUT2D eigenvalue weighted by Gasteiger charge is -2.07. The lowest BCUT2D eigenvalue weighted by molar-refractivity contribution is -0.114. The molecule has 7 heteroatoms. The molecule has 5 nitrogen and oxygen atoms in total. The average Bonchev–Trinajstić information content (AvgIpc) is 3.31. The van der Waals surface area contributed by atoms with E-state index in [9.17, 15) is 4.79 Å². The molecule has 1 N–H and O–H groups in total. The molecule has 1 saturated heterocycles. The summed E-state index contributed by atoms with van der Waals surface area (Å²) in [4.78, 5) is 13.4. The fraction of sp³-hybridized carbons (Fsp3) is 0.217. The number of aromatic nitrogens is 2. The maximum Gasteiger partial charge on any atom is 0.186 e. The second kappa shape index (κ2) is 8.93. The van der Waals surface area contributed by atoms with Crippen LogP contribution in [0.3, 0.4) is 0 Å². The Hall–Kier alpha value is -2.77. The molecule has 0 bridgehead atoms. The van der Waals surface area contributed by atoms with Crippen LogP contribution in [0.5, 0.6) is 5.75 Å². The molecule has 1 aliphatic rings. The number of hydrogen-bond acceptors (Lipinski definition) is 7. The predicted octanol–water partition coefficient (Wildman–Crippen LogP) is 5.41. The van der Waals surface area contributed by atoms with Crippen molar-refractivity contribution in [2.75, 3.05) is 0 Å². The molecule has 1 fully saturated rings. The number of carbonyl (C=O) groups excluding carboxylic acids is 1. The Labute approximate surface area is 183 Å². The maximum absolute atomic E-state index is 12.9. The topological polar surface area (TPSA) is 75.9 Å². The van der Waals surface area contributed by atoms with Gasteiger partial charge in [-0.2, -0.15) is 0 Å². The molecule has 2 aromatic carbocycles. The van der Waals surface area contributed by atoms with Crippen molar-refractivity contribution in [2.24, 2.45) is 0 Å². The maximum atomic E-state index is 12.9. The summed E-state index contributed by atoms with van der Waals surface area (Å²) >= 11 is 2.62. The van der Waals surface area contributed by atoms with Crippen LogP contribution in [-0.2, 0) is 17.8 Å². The van der Waals surface area contributed by atoms with Crippen molar-refractivity contribution in [2.45, 2.75) is 32.8 Å². The summed E-state index contributed by atoms with van der Waals surface area (Å²) in [5.41, 5.74) is 3.23. The summed E-state index contributed by atoms with van der Waals surface area (Å²) in [5.74, 6) is 0.0789. The van der Waals surface area contributed by atoms with E-state index >= 15 is 0 Å². The van der Waals surface area contributed by atoms with Gasteiger partial charge in [-0.15, -0.1) is 21.5 Å². The van der Waals surface area contributed by atoms with Crippen LogP contribution < -0.4 is 4.74 Å². The van der Waals surface area contributed by atoms with Gasteiger partial charge in [0, 0.05) is 0 Å². The molecule has 0 amide bonds. The Kier molecular flexibility index (Phi) is 6.11. The van der Waals surface area contributed by atoms with E-state index < -0.39 is 5.92 Å². The summed E-state index contributed by atoms with van der Waals surface area (Å²) in [6.45, 7) is 4.57. The van der Waals surface area contributed by atoms with Crippen molar-refractivity contribution < 1.29 is 9.53 Å². The van der Waals surface area contributed by atoms with Crippen molar-refractivity contribution in [3.63, 3.8) is 0 Å². The molecule has 3 aromatic rings. The molecule has 1 atom stereocenters. The van der Waals surface area contributed by atoms with Crippen molar-refractivity contribution in [1.82, 2.24) is 10.2 Å². The first-order chi connectivity index (χ1) is 14.5. The number of nitrogens with zero attached hydrogens (tertiary/aromatic N) is 2. The van der Waals surface area contributed by atoms with Crippen molar-refractivity contribution in [3.8, 4) is 5.75 Å². The smallest absolute Gasteiger partial charge is 0.186 e. The zero-order valence-corrected chi connectivity index (χ0v) is 18.3. The van der Waals surface area contributed by atoms with E-state index in [1.54, 1.807) is 0 Å². The number of carbonyl (C=O) groups is 1. The van der Waals surface area contributed by atoms with Gasteiger partial charge in [0.25, 0.3) is 0 Å². The number of rotatable bonds is 6. The number of aryl methyl sites for hydroxylation is 2. The first-order valence-electron chi connectivity index (χ1n) is 9.66. The number of ether oxygens (including phenoxy) is 1. The van der Waals surface area contributed by atoms with Gasteiger partial charge in [-0.3, -0.25) is 10.2 Å². The molecule has 0 spiro atoms. The molecule has 4 rings (SSSR count). The Morgan fingerprint density at radius 1 is 1.17 bits per heavy atom. The number of hydrogen-bond donors (Lipinski definition) is 1. The highest BCUT2D eigenvalue weighted by molar-refractivity contribution is 8.19. The van der Waals surface area contributed by atoms with Gasteiger partial charge in [0.05, 0.1) is 9.95 Å². The first-order valence-corrected chi connectivity index (χ1v) is 11.3. The van der Waals surface area contributed by atoms with Gasteiger partial charge in [0.1, 0.15) is 28.3 Å². The van der Waals surface area contributed by atoms with E-state index in [1.807, 2.05) is 49.4 Å². The third-order valence-electron chi connectivity index (χ3n) is 4.68. The average molecular weight is 436 g/mol. The van der Waals surface area contributed by atoms with E-state index in [1.165, 1.54) is 28.7 Å². The molecule has 0 radical (unpaired) electrons. The van der Waals surface area contributed by atoms with Gasteiger partial charge in [-0.05, 0) is 42.7 Å². The molecule has 0 aliphatic carbocycles. The summed E-state index contributed by atoms with van der Waals surface area (Å²) in [7, 11) is 0. The van der Waals surface area contributed by atoms with Crippen LogP contribution in [0.2, 0.25) is 0 Å². The van der Waals surface area contributed by atoms with E-state index in [-0.39, 0.29) is 5.78 Å². The van der Waals surface area contributed by atoms with Crippen LogP contribution >= 0.6 is 23.1 Å². The van der Waals surface area contributed by atoms with Crippen LogP contribution in [0.15, 0.2) is 53.4 Å². The van der Waals surface area contributed by atoms with Crippen LogP contribution in [-0.4, -0.2) is 21.0 Å². The Balaban J connectivity index is 1.44. The lowest BCUT2D eigenvalue weighted by atomic mass is 10.1. The Morgan fingerprint density at radius 3 is 2.67 bits per heavy atom. The second-order valence-corrected chi connectivity index (χ2v) is 9.18. The monoisotopic (exact) mass is 435 g/mol. The van der Waals surface area contributed by atoms with Gasteiger partial charge in [-0.25, -0.2) is 0 Å². The van der Waals surface area contributed by atoms with Crippen LogP contribution in [0.4, 0.5) is 0 Å². The molecule has 1 aliphatic heterocycles. The molecule has 152 valence electrons. The van der Waals surface area contributed by atoms with Crippen LogP contribution in [0.25, 0.3) is 6.08 Å². The molecular weight excluding hydrogens is 414 g/mol. The van der Waals surface area contributed by atoms with Gasteiger partial charge in [0.2, 0.25) is 0 Å². The number of allylic oxidation sites excluding steroid dienone is 1. The highest BCUT2D eigenvalue weighted by atomic mass is 32.2. The molecule has 0 saturated carbocycles. The largest absolute Gasteiger partial charge is 0.489 e. The standard InChI is InChI=1S/C23H21N3O2S2/c1-3-19-25-26-23(30-19)20-21(27)18(29-22(20)24)12-15-7-9-17(10-8-15)28-13-16-6-4-5-14(2)11-16/h4-12,20,24H,3,13H2,1-2H3/b18-12-,24-22?/t20-/m0/s1. The summed E-state index contributed by atoms with van der Waals surface area (Å²) in [6, 6.07) is 15.9. The minimum absolute atomic E-state index is 0.0800. The number of thioether (sulfide) groups is 1. The Bertz CT molecular complexity index is 1120. The first kappa shape index (κ1) is 20.5. The molecular formula is C23H21N3O2S2. The Morgan fingerprint density at radius 2 is 1.97 bits per heavy atom. The van der Waals surface area contributed by atoms with Gasteiger partial charge >= 0.3 is 0 Å². The molecule has 1 aromatic heterocycles. The molecule has 30 heavy (non-hydrogen) atoms. The minimum Gasteiger partial charge on any atom is -0.489 e.